The Labute approximate surface area is 134 Å². The fourth-order valence-corrected chi connectivity index (χ4v) is 3.07. The smallest absolute Gasteiger partial charge is 0.141 e. The number of hydrogen-bond acceptors (Lipinski definition) is 2. The lowest BCUT2D eigenvalue weighted by atomic mass is 9.97. The van der Waals surface area contributed by atoms with E-state index in [9.17, 15) is 4.39 Å². The number of benzene rings is 2. The maximum Gasteiger partial charge on any atom is 0.141 e. The monoisotopic (exact) mass is 401 g/mol. The predicted octanol–water partition coefficient (Wildman–Crippen LogP) is 4.72. The normalized spacial score (nSPS) is 12.3. The highest BCUT2D eigenvalue weighted by Gasteiger charge is 2.17. The summed E-state index contributed by atoms with van der Waals surface area (Å²) in [6.07, 6.45) is 0. The molecule has 0 saturated heterocycles. The molecule has 2 aromatic carbocycles. The minimum atomic E-state index is -0.391. The molecule has 0 saturated carbocycles. The van der Waals surface area contributed by atoms with E-state index in [1.807, 2.05) is 25.1 Å². The molecule has 0 bridgehead atoms. The van der Waals surface area contributed by atoms with Crippen LogP contribution in [0.4, 0.5) is 4.39 Å². The summed E-state index contributed by atoms with van der Waals surface area (Å²) in [7, 11) is 1.51. The third-order valence-electron chi connectivity index (χ3n) is 3.03. The Morgan fingerprint density at radius 3 is 2.45 bits per heavy atom. The Morgan fingerprint density at radius 2 is 1.85 bits per heavy atom. The number of methoxy groups -OCH3 is 1. The first-order valence-electron chi connectivity index (χ1n) is 5.98. The van der Waals surface area contributed by atoms with Gasteiger partial charge in [0.05, 0.1) is 17.6 Å². The van der Waals surface area contributed by atoms with Gasteiger partial charge in [0.1, 0.15) is 11.6 Å². The van der Waals surface area contributed by atoms with Crippen molar-refractivity contribution in [2.75, 3.05) is 7.11 Å². The lowest BCUT2D eigenvalue weighted by molar-refractivity contribution is 0.404. The van der Waals surface area contributed by atoms with E-state index in [4.69, 9.17) is 10.5 Å². The van der Waals surface area contributed by atoms with Crippen LogP contribution in [0, 0.1) is 12.7 Å². The number of nitrogens with two attached hydrogens (primary N) is 1. The summed E-state index contributed by atoms with van der Waals surface area (Å²) >= 11 is 6.64. The lowest BCUT2D eigenvalue weighted by Crippen LogP contribution is -2.13. The van der Waals surface area contributed by atoms with Crippen molar-refractivity contribution >= 4 is 31.9 Å². The van der Waals surface area contributed by atoms with Crippen LogP contribution in [-0.4, -0.2) is 7.11 Å². The molecule has 2 nitrogen and oxygen atoms in total. The standard InChI is InChI=1S/C15H14Br2FNO/c1-8-3-9(5-10(16)4-8)15(19)11-6-12(17)13(18)7-14(11)20-2/h3-7,15H,19H2,1-2H3. The molecular formula is C15H14Br2FNO. The SMILES string of the molecule is COc1cc(F)c(Br)cc1C(N)c1cc(C)cc(Br)c1. The van der Waals surface area contributed by atoms with Crippen molar-refractivity contribution in [1.82, 2.24) is 0 Å². The van der Waals surface area contributed by atoms with Gasteiger partial charge in [-0.1, -0.05) is 22.0 Å². The van der Waals surface area contributed by atoms with Crippen LogP contribution in [0.1, 0.15) is 22.7 Å². The van der Waals surface area contributed by atoms with Gasteiger partial charge in [-0.25, -0.2) is 4.39 Å². The molecule has 0 radical (unpaired) electrons. The van der Waals surface area contributed by atoms with Crippen molar-refractivity contribution in [2.45, 2.75) is 13.0 Å². The van der Waals surface area contributed by atoms with Crippen LogP contribution in [0.3, 0.4) is 0 Å². The Kier molecular flexibility index (Phi) is 4.83. The highest BCUT2D eigenvalue weighted by atomic mass is 79.9. The van der Waals surface area contributed by atoms with Crippen LogP contribution in [-0.2, 0) is 0 Å². The molecule has 0 aliphatic carbocycles. The van der Waals surface area contributed by atoms with E-state index in [0.29, 0.717) is 10.2 Å². The molecular weight excluding hydrogens is 389 g/mol. The molecule has 5 heteroatoms. The highest BCUT2D eigenvalue weighted by molar-refractivity contribution is 9.10. The third kappa shape index (κ3) is 3.22. The van der Waals surface area contributed by atoms with Crippen LogP contribution in [0.25, 0.3) is 0 Å². The maximum atomic E-state index is 13.6. The number of aryl methyl sites for hydroxylation is 1. The van der Waals surface area contributed by atoms with E-state index in [0.717, 1.165) is 21.2 Å². The van der Waals surface area contributed by atoms with E-state index in [1.54, 1.807) is 6.07 Å². The summed E-state index contributed by atoms with van der Waals surface area (Å²) in [6, 6.07) is 8.58. The first-order chi connectivity index (χ1) is 9.42. The van der Waals surface area contributed by atoms with Gasteiger partial charge in [0.15, 0.2) is 0 Å². The number of ether oxygens (including phenoxy) is 1. The molecule has 2 rings (SSSR count). The van der Waals surface area contributed by atoms with Crippen molar-refractivity contribution < 1.29 is 9.13 Å². The van der Waals surface area contributed by atoms with E-state index in [-0.39, 0.29) is 5.82 Å². The maximum absolute atomic E-state index is 13.6. The Balaban J connectivity index is 2.52. The zero-order chi connectivity index (χ0) is 14.9. The predicted molar refractivity (Wildman–Crippen MR) is 85.6 cm³/mol. The van der Waals surface area contributed by atoms with Gasteiger partial charge in [-0.15, -0.1) is 0 Å². The van der Waals surface area contributed by atoms with Crippen LogP contribution in [0.5, 0.6) is 5.75 Å². The number of rotatable bonds is 3. The second kappa shape index (κ2) is 6.24. The lowest BCUT2D eigenvalue weighted by Gasteiger charge is -2.18. The van der Waals surface area contributed by atoms with Crippen LogP contribution < -0.4 is 10.5 Å². The zero-order valence-electron chi connectivity index (χ0n) is 11.1. The molecule has 2 aromatic rings. The average molecular weight is 403 g/mol. The van der Waals surface area contributed by atoms with E-state index < -0.39 is 6.04 Å². The molecule has 1 unspecified atom stereocenters. The molecule has 0 spiro atoms. The fourth-order valence-electron chi connectivity index (χ4n) is 2.09. The van der Waals surface area contributed by atoms with Gasteiger partial charge in [0.2, 0.25) is 0 Å². The average Bonchev–Trinajstić information content (AvgIpc) is 2.39. The Hall–Kier alpha value is -0.910. The quantitative estimate of drug-likeness (QED) is 0.806. The van der Waals surface area contributed by atoms with Gasteiger partial charge in [-0.05, 0) is 52.2 Å². The minimum absolute atomic E-state index is 0.371. The molecule has 0 fully saturated rings. The van der Waals surface area contributed by atoms with Crippen LogP contribution in [0.2, 0.25) is 0 Å². The Bertz CT molecular complexity index is 626. The third-order valence-corrected chi connectivity index (χ3v) is 4.10. The molecule has 106 valence electrons. The van der Waals surface area contributed by atoms with Crippen molar-refractivity contribution in [2.24, 2.45) is 5.73 Å². The first kappa shape index (κ1) is 15.5. The molecule has 0 aliphatic heterocycles. The summed E-state index contributed by atoms with van der Waals surface area (Å²) in [6.45, 7) is 2.00. The summed E-state index contributed by atoms with van der Waals surface area (Å²) in [5, 5.41) is 0. The summed E-state index contributed by atoms with van der Waals surface area (Å²) in [5.41, 5.74) is 9.08. The van der Waals surface area contributed by atoms with Crippen molar-refractivity contribution in [3.63, 3.8) is 0 Å². The molecule has 0 heterocycles. The molecule has 0 aliphatic rings. The van der Waals surface area contributed by atoms with Gasteiger partial charge in [0, 0.05) is 16.1 Å². The van der Waals surface area contributed by atoms with E-state index in [1.165, 1.54) is 13.2 Å². The largest absolute Gasteiger partial charge is 0.496 e. The van der Waals surface area contributed by atoms with Crippen LogP contribution >= 0.6 is 31.9 Å². The summed E-state index contributed by atoms with van der Waals surface area (Å²) in [4.78, 5) is 0. The zero-order valence-corrected chi connectivity index (χ0v) is 14.3. The fraction of sp³-hybridized carbons (Fsp3) is 0.200. The van der Waals surface area contributed by atoms with E-state index in [2.05, 4.69) is 31.9 Å². The van der Waals surface area contributed by atoms with E-state index >= 15 is 0 Å². The van der Waals surface area contributed by atoms with Crippen molar-refractivity contribution in [3.05, 3.63) is 61.8 Å². The van der Waals surface area contributed by atoms with Crippen molar-refractivity contribution in [3.8, 4) is 5.75 Å². The minimum Gasteiger partial charge on any atom is -0.496 e. The summed E-state index contributed by atoms with van der Waals surface area (Å²) in [5.74, 6) is 0.0686. The van der Waals surface area contributed by atoms with Crippen molar-refractivity contribution in [1.29, 1.82) is 0 Å². The molecule has 2 N–H and O–H groups in total. The first-order valence-corrected chi connectivity index (χ1v) is 7.56. The molecule has 1 atom stereocenters. The molecule has 0 amide bonds. The van der Waals surface area contributed by atoms with Gasteiger partial charge in [-0.2, -0.15) is 0 Å². The molecule has 20 heavy (non-hydrogen) atoms. The van der Waals surface area contributed by atoms with Gasteiger partial charge in [0.25, 0.3) is 0 Å². The Morgan fingerprint density at radius 1 is 1.15 bits per heavy atom. The topological polar surface area (TPSA) is 35.2 Å². The van der Waals surface area contributed by atoms with Gasteiger partial charge in [-0.3, -0.25) is 0 Å². The molecule has 0 aromatic heterocycles. The number of hydrogen-bond donors (Lipinski definition) is 1. The second-order valence-electron chi connectivity index (χ2n) is 4.55. The second-order valence-corrected chi connectivity index (χ2v) is 6.32. The summed E-state index contributed by atoms with van der Waals surface area (Å²) < 4.78 is 20.1. The van der Waals surface area contributed by atoms with Gasteiger partial charge < -0.3 is 10.5 Å². The van der Waals surface area contributed by atoms with Gasteiger partial charge >= 0.3 is 0 Å². The van der Waals surface area contributed by atoms with Crippen LogP contribution in [0.15, 0.2) is 39.3 Å². The highest BCUT2D eigenvalue weighted by Crippen LogP contribution is 2.33. The number of halogens is 3.